The molecule has 1 N–H and O–H groups in total. The number of hydrogen-bond acceptors (Lipinski definition) is 4. The lowest BCUT2D eigenvalue weighted by atomic mass is 9.97. The Balaban J connectivity index is 2.51. The van der Waals surface area contributed by atoms with Crippen LogP contribution in [-0.4, -0.2) is 24.0 Å². The van der Waals surface area contributed by atoms with Crippen molar-refractivity contribution in [1.29, 1.82) is 0 Å². The molecule has 2 aromatic carbocycles. The first-order valence-corrected chi connectivity index (χ1v) is 6.22. The van der Waals surface area contributed by atoms with Crippen LogP contribution >= 0.6 is 0 Å². The highest BCUT2D eigenvalue weighted by atomic mass is 16.5. The Morgan fingerprint density at radius 3 is 2.70 bits per heavy atom. The summed E-state index contributed by atoms with van der Waals surface area (Å²) in [4.78, 5) is 22.8. The summed E-state index contributed by atoms with van der Waals surface area (Å²) in [6.07, 6.45) is 0.673. The van der Waals surface area contributed by atoms with Crippen molar-refractivity contribution in [3.63, 3.8) is 0 Å². The number of aromatic hydroxyl groups is 1. The normalized spacial score (nSPS) is 10.1. The zero-order chi connectivity index (χ0) is 14.5. The Labute approximate surface area is 116 Å². The fourth-order valence-corrected chi connectivity index (χ4v) is 1.99. The van der Waals surface area contributed by atoms with Crippen LogP contribution < -0.4 is 0 Å². The molecular weight excluding hydrogens is 256 g/mol. The van der Waals surface area contributed by atoms with E-state index in [1.165, 1.54) is 6.07 Å². The monoisotopic (exact) mass is 270 g/mol. The molecule has 0 amide bonds. The van der Waals surface area contributed by atoms with Gasteiger partial charge in [0.15, 0.2) is 6.29 Å². The molecule has 20 heavy (non-hydrogen) atoms. The lowest BCUT2D eigenvalue weighted by molar-refractivity contribution is 0.0526. The average Bonchev–Trinajstić information content (AvgIpc) is 2.47. The third-order valence-corrected chi connectivity index (χ3v) is 2.86. The van der Waals surface area contributed by atoms with E-state index in [1.807, 2.05) is 0 Å². The highest BCUT2D eigenvalue weighted by Gasteiger charge is 2.13. The molecule has 102 valence electrons. The zero-order valence-corrected chi connectivity index (χ0v) is 11.0. The van der Waals surface area contributed by atoms with Crippen LogP contribution in [0.2, 0.25) is 0 Å². The second-order valence-corrected chi connectivity index (χ2v) is 4.16. The summed E-state index contributed by atoms with van der Waals surface area (Å²) in [6, 6.07) is 11.3. The van der Waals surface area contributed by atoms with E-state index < -0.39 is 5.97 Å². The summed E-state index contributed by atoms with van der Waals surface area (Å²) in [6.45, 7) is 2.02. The molecule has 0 bridgehead atoms. The molecule has 0 heterocycles. The van der Waals surface area contributed by atoms with Gasteiger partial charge in [-0.25, -0.2) is 4.79 Å². The number of esters is 1. The molecule has 0 atom stereocenters. The first-order valence-electron chi connectivity index (χ1n) is 6.22. The van der Waals surface area contributed by atoms with Crippen LogP contribution in [0.15, 0.2) is 42.5 Å². The molecule has 0 aromatic heterocycles. The fourth-order valence-electron chi connectivity index (χ4n) is 1.99. The van der Waals surface area contributed by atoms with Gasteiger partial charge < -0.3 is 9.84 Å². The van der Waals surface area contributed by atoms with E-state index in [-0.39, 0.29) is 5.75 Å². The van der Waals surface area contributed by atoms with Gasteiger partial charge in [-0.2, -0.15) is 0 Å². The summed E-state index contributed by atoms with van der Waals surface area (Å²) in [5.74, 6) is -0.437. The van der Waals surface area contributed by atoms with Crippen molar-refractivity contribution in [2.45, 2.75) is 6.92 Å². The van der Waals surface area contributed by atoms with Crippen LogP contribution in [0.4, 0.5) is 0 Å². The molecule has 0 unspecified atom stereocenters. The molecule has 2 aromatic rings. The van der Waals surface area contributed by atoms with Gasteiger partial charge >= 0.3 is 5.97 Å². The van der Waals surface area contributed by atoms with Gasteiger partial charge in [-0.05, 0) is 30.7 Å². The number of rotatable bonds is 4. The lowest BCUT2D eigenvalue weighted by Crippen LogP contribution is -2.04. The summed E-state index contributed by atoms with van der Waals surface area (Å²) in [7, 11) is 0. The number of benzene rings is 2. The summed E-state index contributed by atoms with van der Waals surface area (Å²) in [5, 5.41) is 9.93. The van der Waals surface area contributed by atoms with E-state index in [1.54, 1.807) is 43.3 Å². The molecular formula is C16H14O4. The Morgan fingerprint density at radius 1 is 1.25 bits per heavy atom. The maximum Gasteiger partial charge on any atom is 0.338 e. The van der Waals surface area contributed by atoms with E-state index in [2.05, 4.69) is 0 Å². The second-order valence-electron chi connectivity index (χ2n) is 4.16. The van der Waals surface area contributed by atoms with Crippen LogP contribution in [-0.2, 0) is 4.74 Å². The van der Waals surface area contributed by atoms with Crippen LogP contribution in [0.3, 0.4) is 0 Å². The van der Waals surface area contributed by atoms with Gasteiger partial charge in [-0.3, -0.25) is 4.79 Å². The van der Waals surface area contributed by atoms with Crippen molar-refractivity contribution in [3.8, 4) is 16.9 Å². The van der Waals surface area contributed by atoms with Crippen LogP contribution in [0.25, 0.3) is 11.1 Å². The van der Waals surface area contributed by atoms with Gasteiger partial charge in [0.2, 0.25) is 0 Å². The minimum Gasteiger partial charge on any atom is -0.507 e. The molecule has 0 fully saturated rings. The van der Waals surface area contributed by atoms with E-state index >= 15 is 0 Å². The first-order chi connectivity index (χ1) is 9.67. The van der Waals surface area contributed by atoms with E-state index in [0.717, 1.165) is 0 Å². The highest BCUT2D eigenvalue weighted by molar-refractivity contribution is 5.94. The predicted molar refractivity (Wildman–Crippen MR) is 74.9 cm³/mol. The topological polar surface area (TPSA) is 63.6 Å². The maximum atomic E-state index is 11.7. The predicted octanol–water partition coefficient (Wildman–Crippen LogP) is 3.05. The SMILES string of the molecule is CCOC(=O)c1cccc(-c2c(O)cccc2C=O)c1. The number of phenolic OH excluding ortho intramolecular Hbond substituents is 1. The largest absolute Gasteiger partial charge is 0.507 e. The van der Waals surface area contributed by atoms with Crippen molar-refractivity contribution in [2.75, 3.05) is 6.61 Å². The Kier molecular flexibility index (Phi) is 4.15. The van der Waals surface area contributed by atoms with Crippen molar-refractivity contribution >= 4 is 12.3 Å². The van der Waals surface area contributed by atoms with Crippen LogP contribution in [0, 0.1) is 0 Å². The van der Waals surface area contributed by atoms with Gasteiger partial charge in [0.1, 0.15) is 5.75 Å². The number of aldehydes is 1. The smallest absolute Gasteiger partial charge is 0.338 e. The second kappa shape index (κ2) is 6.02. The Hall–Kier alpha value is -2.62. The van der Waals surface area contributed by atoms with Crippen molar-refractivity contribution in [2.24, 2.45) is 0 Å². The molecule has 0 spiro atoms. The van der Waals surface area contributed by atoms with Gasteiger partial charge in [-0.1, -0.05) is 24.3 Å². The van der Waals surface area contributed by atoms with E-state index in [4.69, 9.17) is 4.74 Å². The van der Waals surface area contributed by atoms with Crippen LogP contribution in [0.5, 0.6) is 5.75 Å². The number of hydrogen-bond donors (Lipinski definition) is 1. The summed E-state index contributed by atoms with van der Waals surface area (Å²) >= 11 is 0. The third-order valence-electron chi connectivity index (χ3n) is 2.86. The van der Waals surface area contributed by atoms with Crippen molar-refractivity contribution < 1.29 is 19.4 Å². The fraction of sp³-hybridized carbons (Fsp3) is 0.125. The van der Waals surface area contributed by atoms with Crippen LogP contribution in [0.1, 0.15) is 27.6 Å². The number of carbonyl (C=O) groups is 2. The maximum absolute atomic E-state index is 11.7. The number of phenols is 1. The first kappa shape index (κ1) is 13.8. The molecule has 0 saturated heterocycles. The molecule has 0 saturated carbocycles. The van der Waals surface area contributed by atoms with Gasteiger partial charge in [-0.15, -0.1) is 0 Å². The van der Waals surface area contributed by atoms with E-state index in [0.29, 0.717) is 35.1 Å². The molecule has 0 radical (unpaired) electrons. The standard InChI is InChI=1S/C16H14O4/c1-2-20-16(19)12-6-3-5-11(9-12)15-13(10-17)7-4-8-14(15)18/h3-10,18H,2H2,1H3. The average molecular weight is 270 g/mol. The van der Waals surface area contributed by atoms with Gasteiger partial charge in [0.25, 0.3) is 0 Å². The van der Waals surface area contributed by atoms with Crippen molar-refractivity contribution in [1.82, 2.24) is 0 Å². The molecule has 2 rings (SSSR count). The molecule has 0 aliphatic rings. The molecule has 4 heteroatoms. The van der Waals surface area contributed by atoms with Gasteiger partial charge in [0.05, 0.1) is 12.2 Å². The highest BCUT2D eigenvalue weighted by Crippen LogP contribution is 2.32. The van der Waals surface area contributed by atoms with Gasteiger partial charge in [0, 0.05) is 11.1 Å². The summed E-state index contributed by atoms with van der Waals surface area (Å²) in [5.41, 5.74) is 1.75. The molecule has 0 aliphatic heterocycles. The summed E-state index contributed by atoms with van der Waals surface area (Å²) < 4.78 is 4.93. The zero-order valence-electron chi connectivity index (χ0n) is 11.0. The number of carbonyl (C=O) groups excluding carboxylic acids is 2. The third kappa shape index (κ3) is 2.69. The van der Waals surface area contributed by atoms with E-state index in [9.17, 15) is 14.7 Å². The van der Waals surface area contributed by atoms with Crippen molar-refractivity contribution in [3.05, 3.63) is 53.6 Å². The quantitative estimate of drug-likeness (QED) is 0.685. The minimum absolute atomic E-state index is 0.00407. The molecule has 0 aliphatic carbocycles. The minimum atomic E-state index is -0.433. The Morgan fingerprint density at radius 2 is 2.00 bits per heavy atom. The lowest BCUT2D eigenvalue weighted by Gasteiger charge is -2.09. The molecule has 4 nitrogen and oxygen atoms in total. The Bertz CT molecular complexity index is 647. The number of ether oxygens (including phenoxy) is 1.